The summed E-state index contributed by atoms with van der Waals surface area (Å²) in [4.78, 5) is 10.9. The van der Waals surface area contributed by atoms with Crippen molar-refractivity contribution in [2.24, 2.45) is 5.73 Å². The molecule has 14 heavy (non-hydrogen) atoms. The maximum Gasteiger partial charge on any atom is 0.259 e. The number of hydrogen-bond acceptors (Lipinski definition) is 2. The second kappa shape index (κ2) is 4.24. The van der Waals surface area contributed by atoms with Crippen LogP contribution in [0.15, 0.2) is 35.9 Å². The molecule has 3 nitrogen and oxygen atoms in total. The van der Waals surface area contributed by atoms with Crippen molar-refractivity contribution >= 4 is 11.5 Å². The smallest absolute Gasteiger partial charge is 0.259 e. The van der Waals surface area contributed by atoms with E-state index in [1.165, 1.54) is 0 Å². The first-order valence-electron chi connectivity index (χ1n) is 4.13. The van der Waals surface area contributed by atoms with E-state index >= 15 is 0 Å². The van der Waals surface area contributed by atoms with Gasteiger partial charge in [0, 0.05) is 0 Å². The number of allylic oxidation sites excluding steroid dienone is 1. The van der Waals surface area contributed by atoms with Crippen LogP contribution in [-0.2, 0) is 4.79 Å². The van der Waals surface area contributed by atoms with Crippen molar-refractivity contribution in [2.45, 2.75) is 6.92 Å². The quantitative estimate of drug-likeness (QED) is 0.561. The largest absolute Gasteiger partial charge is 0.365 e. The molecule has 0 heterocycles. The van der Waals surface area contributed by atoms with Crippen molar-refractivity contribution in [2.75, 3.05) is 0 Å². The Morgan fingerprint density at radius 1 is 1.36 bits per heavy atom. The third kappa shape index (κ3) is 1.99. The van der Waals surface area contributed by atoms with Gasteiger partial charge in [-0.05, 0) is 18.1 Å². The van der Waals surface area contributed by atoms with Gasteiger partial charge in [-0.3, -0.25) is 4.79 Å². The molecule has 70 valence electrons. The van der Waals surface area contributed by atoms with Gasteiger partial charge in [-0.15, -0.1) is 0 Å². The van der Waals surface area contributed by atoms with Crippen molar-refractivity contribution in [3.05, 3.63) is 41.5 Å². The molecular weight excluding hydrogens is 176 g/mol. The van der Waals surface area contributed by atoms with E-state index in [1.807, 2.05) is 30.3 Å². The van der Waals surface area contributed by atoms with E-state index in [0.717, 1.165) is 5.56 Å². The van der Waals surface area contributed by atoms with Crippen LogP contribution in [-0.4, -0.2) is 5.91 Å². The van der Waals surface area contributed by atoms with Gasteiger partial charge in [0.2, 0.25) is 0 Å². The lowest BCUT2D eigenvalue weighted by Crippen LogP contribution is -2.13. The molecule has 0 aliphatic heterocycles. The molecule has 0 atom stereocenters. The highest BCUT2D eigenvalue weighted by atomic mass is 16.1. The Hall–Kier alpha value is -2.08. The highest BCUT2D eigenvalue weighted by Gasteiger charge is 2.09. The third-order valence-electron chi connectivity index (χ3n) is 1.94. The van der Waals surface area contributed by atoms with E-state index in [9.17, 15) is 4.79 Å². The van der Waals surface area contributed by atoms with Crippen LogP contribution in [0.3, 0.4) is 0 Å². The minimum atomic E-state index is -0.686. The molecule has 0 saturated carbocycles. The van der Waals surface area contributed by atoms with Crippen molar-refractivity contribution in [3.63, 3.8) is 0 Å². The van der Waals surface area contributed by atoms with Crippen molar-refractivity contribution in [3.8, 4) is 6.07 Å². The molecule has 0 spiro atoms. The van der Waals surface area contributed by atoms with Gasteiger partial charge in [-0.25, -0.2) is 0 Å². The average molecular weight is 186 g/mol. The predicted octanol–water partition coefficient (Wildman–Crippen LogP) is 1.47. The first-order valence-corrected chi connectivity index (χ1v) is 4.13. The van der Waals surface area contributed by atoms with Crippen molar-refractivity contribution in [1.29, 1.82) is 5.26 Å². The summed E-state index contributed by atoms with van der Waals surface area (Å²) in [5.41, 5.74) is 6.52. The summed E-state index contributed by atoms with van der Waals surface area (Å²) < 4.78 is 0. The van der Waals surface area contributed by atoms with Gasteiger partial charge in [0.1, 0.15) is 11.6 Å². The summed E-state index contributed by atoms with van der Waals surface area (Å²) in [5, 5.41) is 8.72. The van der Waals surface area contributed by atoms with E-state index in [4.69, 9.17) is 11.0 Å². The van der Waals surface area contributed by atoms with Gasteiger partial charge in [-0.2, -0.15) is 5.26 Å². The number of nitrogens with zero attached hydrogens (tertiary/aromatic N) is 1. The minimum Gasteiger partial charge on any atom is -0.365 e. The van der Waals surface area contributed by atoms with Gasteiger partial charge >= 0.3 is 0 Å². The second-order valence-corrected chi connectivity index (χ2v) is 2.84. The van der Waals surface area contributed by atoms with Crippen molar-refractivity contribution in [1.82, 2.24) is 0 Å². The van der Waals surface area contributed by atoms with Gasteiger partial charge in [-0.1, -0.05) is 30.3 Å². The summed E-state index contributed by atoms with van der Waals surface area (Å²) in [5.74, 6) is -0.686. The summed E-state index contributed by atoms with van der Waals surface area (Å²) in [7, 11) is 0. The lowest BCUT2D eigenvalue weighted by Gasteiger charge is -2.02. The normalized spacial score (nSPS) is 11.4. The number of benzene rings is 1. The van der Waals surface area contributed by atoms with Crippen LogP contribution in [0.1, 0.15) is 12.5 Å². The van der Waals surface area contributed by atoms with Gasteiger partial charge in [0.05, 0.1) is 0 Å². The maximum absolute atomic E-state index is 10.9. The number of primary amides is 1. The summed E-state index contributed by atoms with van der Waals surface area (Å²) in [6.07, 6.45) is 0. The summed E-state index contributed by atoms with van der Waals surface area (Å²) >= 11 is 0. The Labute approximate surface area is 82.5 Å². The zero-order valence-corrected chi connectivity index (χ0v) is 7.82. The molecule has 0 fully saturated rings. The number of carbonyl (C=O) groups is 1. The zero-order valence-electron chi connectivity index (χ0n) is 7.82. The first kappa shape index (κ1) is 10.0. The Balaban J connectivity index is 3.23. The van der Waals surface area contributed by atoms with E-state index < -0.39 is 5.91 Å². The fraction of sp³-hybridized carbons (Fsp3) is 0.0909. The molecular formula is C11H10N2O. The second-order valence-electron chi connectivity index (χ2n) is 2.84. The van der Waals surface area contributed by atoms with E-state index in [0.29, 0.717) is 5.57 Å². The highest BCUT2D eigenvalue weighted by Crippen LogP contribution is 2.16. The molecule has 1 aromatic rings. The van der Waals surface area contributed by atoms with Crippen LogP contribution >= 0.6 is 0 Å². The number of hydrogen-bond donors (Lipinski definition) is 1. The lowest BCUT2D eigenvalue weighted by atomic mass is 10.0. The average Bonchev–Trinajstić information content (AvgIpc) is 2.19. The number of nitrogens with two attached hydrogens (primary N) is 1. The van der Waals surface area contributed by atoms with Crippen LogP contribution in [0.5, 0.6) is 0 Å². The SMILES string of the molecule is C/C(=C(\C#N)C(N)=O)c1ccccc1. The summed E-state index contributed by atoms with van der Waals surface area (Å²) in [6.45, 7) is 1.71. The molecule has 0 aromatic heterocycles. The third-order valence-corrected chi connectivity index (χ3v) is 1.94. The van der Waals surface area contributed by atoms with Crippen LogP contribution in [0.25, 0.3) is 5.57 Å². The molecule has 1 aromatic carbocycles. The minimum absolute atomic E-state index is 0.0104. The van der Waals surface area contributed by atoms with Gasteiger partial charge in [0.15, 0.2) is 0 Å². The molecule has 0 bridgehead atoms. The molecule has 0 aliphatic carbocycles. The maximum atomic E-state index is 10.9. The Morgan fingerprint density at radius 2 is 1.93 bits per heavy atom. The first-order chi connectivity index (χ1) is 6.66. The van der Waals surface area contributed by atoms with E-state index in [-0.39, 0.29) is 5.57 Å². The Kier molecular flexibility index (Phi) is 3.03. The Bertz CT molecular complexity index is 413. The molecule has 2 N–H and O–H groups in total. The fourth-order valence-corrected chi connectivity index (χ4v) is 1.16. The van der Waals surface area contributed by atoms with Gasteiger partial charge in [0.25, 0.3) is 5.91 Å². The Morgan fingerprint density at radius 3 is 2.36 bits per heavy atom. The lowest BCUT2D eigenvalue weighted by molar-refractivity contribution is -0.114. The molecule has 1 amide bonds. The van der Waals surface area contributed by atoms with E-state index in [2.05, 4.69) is 0 Å². The molecule has 3 heteroatoms. The number of carbonyl (C=O) groups excluding carboxylic acids is 1. The standard InChI is InChI=1S/C11H10N2O/c1-8(10(7-12)11(13)14)9-5-3-2-4-6-9/h2-6H,1H3,(H2,13,14)/b10-8-. The van der Waals surface area contributed by atoms with E-state index in [1.54, 1.807) is 13.0 Å². The highest BCUT2D eigenvalue weighted by molar-refractivity contribution is 6.03. The number of nitriles is 1. The molecule has 0 unspecified atom stereocenters. The number of rotatable bonds is 2. The van der Waals surface area contributed by atoms with Crippen molar-refractivity contribution < 1.29 is 4.79 Å². The molecule has 0 radical (unpaired) electrons. The molecule has 0 saturated heterocycles. The van der Waals surface area contributed by atoms with Crippen LogP contribution in [0.2, 0.25) is 0 Å². The van der Waals surface area contributed by atoms with Crippen LogP contribution in [0, 0.1) is 11.3 Å². The number of amides is 1. The molecule has 0 aliphatic rings. The van der Waals surface area contributed by atoms with Crippen LogP contribution < -0.4 is 5.73 Å². The predicted molar refractivity (Wildman–Crippen MR) is 53.8 cm³/mol. The monoisotopic (exact) mass is 186 g/mol. The topological polar surface area (TPSA) is 66.9 Å². The summed E-state index contributed by atoms with van der Waals surface area (Å²) in [6, 6.07) is 11.0. The zero-order chi connectivity index (χ0) is 10.6. The van der Waals surface area contributed by atoms with Gasteiger partial charge < -0.3 is 5.73 Å². The fourth-order valence-electron chi connectivity index (χ4n) is 1.16. The van der Waals surface area contributed by atoms with Crippen LogP contribution in [0.4, 0.5) is 0 Å². The molecule has 1 rings (SSSR count).